The first-order chi connectivity index (χ1) is 9.74. The summed E-state index contributed by atoms with van der Waals surface area (Å²) in [6.45, 7) is 3.20. The van der Waals surface area contributed by atoms with Gasteiger partial charge in [-0.1, -0.05) is 0 Å². The van der Waals surface area contributed by atoms with Crippen molar-refractivity contribution in [2.75, 3.05) is 13.1 Å². The summed E-state index contributed by atoms with van der Waals surface area (Å²) in [6.07, 6.45) is 7.28. The fourth-order valence-corrected chi connectivity index (χ4v) is 2.61. The molecule has 0 radical (unpaired) electrons. The maximum Gasteiger partial charge on any atom is 0.219 e. The normalized spacial score (nSPS) is 19.1. The lowest BCUT2D eigenvalue weighted by molar-refractivity contribution is -0.130. The molecule has 0 aliphatic carbocycles. The number of carbonyl (C=O) groups excluding carboxylic acids is 1. The van der Waals surface area contributed by atoms with Crippen molar-refractivity contribution in [3.05, 3.63) is 30.4 Å². The van der Waals surface area contributed by atoms with Gasteiger partial charge in [0, 0.05) is 38.3 Å². The van der Waals surface area contributed by atoms with E-state index in [1.807, 2.05) is 11.0 Å². The molecular weight excluding hydrogens is 254 g/mol. The van der Waals surface area contributed by atoms with Gasteiger partial charge in [0.1, 0.15) is 5.69 Å². The van der Waals surface area contributed by atoms with E-state index < -0.39 is 0 Å². The van der Waals surface area contributed by atoms with Gasteiger partial charge in [0.2, 0.25) is 5.91 Å². The first kappa shape index (κ1) is 12.8. The summed E-state index contributed by atoms with van der Waals surface area (Å²) in [5.41, 5.74) is 2.60. The number of piperidine rings is 1. The Kier molecular flexibility index (Phi) is 3.45. The summed E-state index contributed by atoms with van der Waals surface area (Å²) in [7, 11) is 0. The molecule has 20 heavy (non-hydrogen) atoms. The third-order valence-electron chi connectivity index (χ3n) is 3.71. The predicted octanol–water partition coefficient (Wildman–Crippen LogP) is 1.59. The van der Waals surface area contributed by atoms with E-state index in [1.54, 1.807) is 25.5 Å². The molecule has 1 aliphatic rings. The molecule has 0 saturated carbocycles. The summed E-state index contributed by atoms with van der Waals surface area (Å²) in [4.78, 5) is 22.3. The van der Waals surface area contributed by atoms with Crippen molar-refractivity contribution < 1.29 is 4.79 Å². The number of rotatable bonds is 2. The number of carbonyl (C=O) groups is 1. The van der Waals surface area contributed by atoms with Crippen LogP contribution in [0, 0.1) is 0 Å². The lowest BCUT2D eigenvalue weighted by atomic mass is 9.95. The van der Waals surface area contributed by atoms with Crippen molar-refractivity contribution in [3.63, 3.8) is 0 Å². The van der Waals surface area contributed by atoms with Gasteiger partial charge in [-0.25, -0.2) is 4.98 Å². The molecule has 104 valence electrons. The highest BCUT2D eigenvalue weighted by molar-refractivity contribution is 5.73. The minimum atomic E-state index is 0.132. The molecule has 1 atom stereocenters. The molecule has 1 unspecified atom stereocenters. The number of H-pyrrole nitrogens is 1. The predicted molar refractivity (Wildman–Crippen MR) is 73.8 cm³/mol. The van der Waals surface area contributed by atoms with Crippen LogP contribution in [-0.2, 0) is 4.79 Å². The zero-order valence-electron chi connectivity index (χ0n) is 11.4. The summed E-state index contributed by atoms with van der Waals surface area (Å²) in [6, 6.07) is 1.87. The van der Waals surface area contributed by atoms with Crippen molar-refractivity contribution in [2.24, 2.45) is 0 Å². The number of nitrogens with one attached hydrogen (secondary N) is 1. The van der Waals surface area contributed by atoms with Gasteiger partial charge in [0.05, 0.1) is 17.6 Å². The van der Waals surface area contributed by atoms with E-state index in [0.29, 0.717) is 0 Å². The highest BCUT2D eigenvalue weighted by atomic mass is 16.2. The van der Waals surface area contributed by atoms with E-state index in [-0.39, 0.29) is 11.8 Å². The van der Waals surface area contributed by atoms with Gasteiger partial charge in [0.15, 0.2) is 0 Å². The Balaban J connectivity index is 1.83. The van der Waals surface area contributed by atoms with Crippen LogP contribution in [0.2, 0.25) is 0 Å². The van der Waals surface area contributed by atoms with Crippen LogP contribution in [0.25, 0.3) is 11.4 Å². The minimum Gasteiger partial charge on any atom is -0.342 e. The van der Waals surface area contributed by atoms with Crippen LogP contribution in [0.1, 0.15) is 31.4 Å². The van der Waals surface area contributed by atoms with Gasteiger partial charge in [-0.05, 0) is 18.9 Å². The largest absolute Gasteiger partial charge is 0.342 e. The lowest BCUT2D eigenvalue weighted by Crippen LogP contribution is -2.37. The Bertz CT molecular complexity index is 595. The molecular formula is C14H17N5O. The quantitative estimate of drug-likeness (QED) is 0.900. The second kappa shape index (κ2) is 5.40. The molecule has 3 heterocycles. The van der Waals surface area contributed by atoms with Crippen LogP contribution >= 0.6 is 0 Å². The third-order valence-corrected chi connectivity index (χ3v) is 3.71. The van der Waals surface area contributed by atoms with Crippen molar-refractivity contribution >= 4 is 5.91 Å². The number of amides is 1. The number of nitrogens with zero attached hydrogens (tertiary/aromatic N) is 4. The number of hydrogen-bond acceptors (Lipinski definition) is 4. The number of hydrogen-bond donors (Lipinski definition) is 1. The molecule has 0 spiro atoms. The van der Waals surface area contributed by atoms with Gasteiger partial charge in [-0.3, -0.25) is 14.9 Å². The van der Waals surface area contributed by atoms with E-state index in [0.717, 1.165) is 43.0 Å². The molecule has 1 aliphatic heterocycles. The summed E-state index contributed by atoms with van der Waals surface area (Å²) in [5, 5.41) is 6.82. The van der Waals surface area contributed by atoms with E-state index >= 15 is 0 Å². The van der Waals surface area contributed by atoms with Crippen LogP contribution < -0.4 is 0 Å². The van der Waals surface area contributed by atoms with E-state index in [9.17, 15) is 4.79 Å². The first-order valence-corrected chi connectivity index (χ1v) is 6.81. The minimum absolute atomic E-state index is 0.132. The third kappa shape index (κ3) is 2.54. The van der Waals surface area contributed by atoms with Crippen LogP contribution in [-0.4, -0.2) is 44.1 Å². The molecule has 1 N–H and O–H groups in total. The van der Waals surface area contributed by atoms with Gasteiger partial charge in [0.25, 0.3) is 0 Å². The Morgan fingerprint density at radius 2 is 2.35 bits per heavy atom. The average Bonchev–Trinajstić information content (AvgIpc) is 3.02. The molecule has 2 aromatic heterocycles. The first-order valence-electron chi connectivity index (χ1n) is 6.81. The molecule has 6 nitrogen and oxygen atoms in total. The second-order valence-corrected chi connectivity index (χ2v) is 5.10. The molecule has 3 rings (SSSR count). The van der Waals surface area contributed by atoms with Gasteiger partial charge in [-0.15, -0.1) is 0 Å². The fraction of sp³-hybridized carbons (Fsp3) is 0.429. The SMILES string of the molecule is CC(=O)N1CCCC(c2cncc(-c3ccn[nH]3)n2)C1. The van der Waals surface area contributed by atoms with Crippen LogP contribution in [0.15, 0.2) is 24.7 Å². The summed E-state index contributed by atoms with van der Waals surface area (Å²) >= 11 is 0. The standard InChI is InChI=1S/C14H17N5O/c1-10(20)19-6-2-3-11(9-19)13-7-15-8-14(17-13)12-4-5-16-18-12/h4-5,7-8,11H,2-3,6,9H2,1H3,(H,16,18). The van der Waals surface area contributed by atoms with Gasteiger partial charge >= 0.3 is 0 Å². The lowest BCUT2D eigenvalue weighted by Gasteiger charge is -2.31. The zero-order chi connectivity index (χ0) is 13.9. The monoisotopic (exact) mass is 271 g/mol. The van der Waals surface area contributed by atoms with Crippen molar-refractivity contribution in [2.45, 2.75) is 25.7 Å². The Morgan fingerprint density at radius 3 is 3.10 bits per heavy atom. The molecule has 6 heteroatoms. The molecule has 1 amide bonds. The number of likely N-dealkylation sites (tertiary alicyclic amines) is 1. The van der Waals surface area contributed by atoms with Gasteiger partial charge in [-0.2, -0.15) is 5.10 Å². The average molecular weight is 271 g/mol. The van der Waals surface area contributed by atoms with Crippen molar-refractivity contribution in [1.29, 1.82) is 0 Å². The zero-order valence-corrected chi connectivity index (χ0v) is 11.4. The van der Waals surface area contributed by atoms with E-state index in [4.69, 9.17) is 0 Å². The van der Waals surface area contributed by atoms with E-state index in [2.05, 4.69) is 20.2 Å². The smallest absolute Gasteiger partial charge is 0.219 e. The Morgan fingerprint density at radius 1 is 1.45 bits per heavy atom. The van der Waals surface area contributed by atoms with Gasteiger partial charge < -0.3 is 4.90 Å². The maximum atomic E-state index is 11.5. The van der Waals surface area contributed by atoms with Crippen molar-refractivity contribution in [3.8, 4) is 11.4 Å². The molecule has 0 bridgehead atoms. The molecule has 1 saturated heterocycles. The Labute approximate surface area is 117 Å². The molecule has 0 aromatic carbocycles. The fourth-order valence-electron chi connectivity index (χ4n) is 2.61. The molecule has 1 fully saturated rings. The number of aromatic nitrogens is 4. The topological polar surface area (TPSA) is 74.8 Å². The summed E-state index contributed by atoms with van der Waals surface area (Å²) < 4.78 is 0. The number of aromatic amines is 1. The van der Waals surface area contributed by atoms with Crippen LogP contribution in [0.4, 0.5) is 0 Å². The van der Waals surface area contributed by atoms with Crippen LogP contribution in [0.3, 0.4) is 0 Å². The highest BCUT2D eigenvalue weighted by Crippen LogP contribution is 2.26. The van der Waals surface area contributed by atoms with Crippen molar-refractivity contribution in [1.82, 2.24) is 25.1 Å². The highest BCUT2D eigenvalue weighted by Gasteiger charge is 2.24. The maximum absolute atomic E-state index is 11.5. The van der Waals surface area contributed by atoms with E-state index in [1.165, 1.54) is 0 Å². The Hall–Kier alpha value is -2.24. The summed E-state index contributed by atoms with van der Waals surface area (Å²) in [5.74, 6) is 0.399. The molecule has 2 aromatic rings. The van der Waals surface area contributed by atoms with Crippen LogP contribution in [0.5, 0.6) is 0 Å². The second-order valence-electron chi connectivity index (χ2n) is 5.10.